The lowest BCUT2D eigenvalue weighted by Crippen LogP contribution is -2.27. The van der Waals surface area contributed by atoms with Gasteiger partial charge in [0.05, 0.1) is 0 Å². The van der Waals surface area contributed by atoms with E-state index < -0.39 is 19.1 Å². The predicted octanol–water partition coefficient (Wildman–Crippen LogP) is 2.42. The lowest BCUT2D eigenvalue weighted by Gasteiger charge is -2.19. The molecule has 0 aliphatic heterocycles. The maximum Gasteiger partial charge on any atom is 0.261 e. The Hall–Kier alpha value is -0.520. The molecule has 0 bridgehead atoms. The molecule has 1 heterocycles. The van der Waals surface area contributed by atoms with Crippen LogP contribution in [0.15, 0.2) is 17.5 Å². The van der Waals surface area contributed by atoms with E-state index in [0.29, 0.717) is 0 Å². The Bertz CT molecular complexity index is 251. The fraction of sp³-hybridized carbons (Fsp3) is 0.556. The predicted molar refractivity (Wildman–Crippen MR) is 52.7 cm³/mol. The van der Waals surface area contributed by atoms with Crippen LogP contribution in [-0.2, 0) is 4.74 Å². The van der Waals surface area contributed by atoms with Crippen LogP contribution in [0.25, 0.3) is 0 Å². The highest BCUT2D eigenvalue weighted by Crippen LogP contribution is 2.25. The summed E-state index contributed by atoms with van der Waals surface area (Å²) in [6.45, 7) is 1.18. The van der Waals surface area contributed by atoms with Gasteiger partial charge in [-0.1, -0.05) is 6.07 Å². The number of alkyl halides is 2. The molecule has 0 amide bonds. The average molecular weight is 221 g/mol. The molecule has 2 nitrogen and oxygen atoms in total. The van der Waals surface area contributed by atoms with Gasteiger partial charge in [-0.25, -0.2) is 8.78 Å². The zero-order valence-electron chi connectivity index (χ0n) is 7.82. The van der Waals surface area contributed by atoms with Gasteiger partial charge < -0.3 is 10.5 Å². The number of halogens is 2. The van der Waals surface area contributed by atoms with E-state index in [-0.39, 0.29) is 6.04 Å². The van der Waals surface area contributed by atoms with Crippen molar-refractivity contribution >= 4 is 11.3 Å². The number of hydrogen-bond donors (Lipinski definition) is 1. The molecule has 0 fully saturated rings. The molecule has 2 unspecified atom stereocenters. The third kappa shape index (κ3) is 3.32. The Labute approximate surface area is 85.7 Å². The molecule has 2 N–H and O–H groups in total. The van der Waals surface area contributed by atoms with Gasteiger partial charge >= 0.3 is 0 Å². The van der Waals surface area contributed by atoms with E-state index in [4.69, 9.17) is 10.5 Å². The molecule has 1 aromatic heterocycles. The molecule has 0 aromatic carbocycles. The van der Waals surface area contributed by atoms with Crippen LogP contribution in [0.5, 0.6) is 0 Å². The molecule has 0 saturated carbocycles. The number of rotatable bonds is 5. The molecule has 0 radical (unpaired) electrons. The van der Waals surface area contributed by atoms with Crippen molar-refractivity contribution in [2.45, 2.75) is 25.5 Å². The Morgan fingerprint density at radius 2 is 2.29 bits per heavy atom. The van der Waals surface area contributed by atoms with E-state index in [2.05, 4.69) is 0 Å². The first-order valence-electron chi connectivity index (χ1n) is 4.30. The fourth-order valence-corrected chi connectivity index (χ4v) is 2.01. The number of nitrogens with two attached hydrogens (primary N) is 1. The van der Waals surface area contributed by atoms with E-state index >= 15 is 0 Å². The van der Waals surface area contributed by atoms with Crippen LogP contribution in [0.2, 0.25) is 0 Å². The van der Waals surface area contributed by atoms with Crippen LogP contribution < -0.4 is 5.73 Å². The molecule has 1 aromatic rings. The van der Waals surface area contributed by atoms with Crippen molar-refractivity contribution in [3.63, 3.8) is 0 Å². The lowest BCUT2D eigenvalue weighted by atomic mass is 10.1. The van der Waals surface area contributed by atoms with Crippen molar-refractivity contribution in [2.75, 3.05) is 6.61 Å². The van der Waals surface area contributed by atoms with Gasteiger partial charge in [0.2, 0.25) is 0 Å². The zero-order valence-corrected chi connectivity index (χ0v) is 8.64. The highest BCUT2D eigenvalue weighted by atomic mass is 32.1. The molecular formula is C9H13F2NOS. The van der Waals surface area contributed by atoms with Gasteiger partial charge in [-0.05, 0) is 18.4 Å². The minimum absolute atomic E-state index is 0.285. The van der Waals surface area contributed by atoms with Crippen molar-refractivity contribution in [1.82, 2.24) is 0 Å². The second kappa shape index (κ2) is 5.38. The van der Waals surface area contributed by atoms with Gasteiger partial charge in [-0.3, -0.25) is 0 Å². The summed E-state index contributed by atoms with van der Waals surface area (Å²) in [5, 5.41) is 1.87. The molecule has 2 atom stereocenters. The fourth-order valence-electron chi connectivity index (χ4n) is 1.12. The van der Waals surface area contributed by atoms with E-state index in [9.17, 15) is 8.78 Å². The van der Waals surface area contributed by atoms with Gasteiger partial charge in [0.15, 0.2) is 0 Å². The Morgan fingerprint density at radius 3 is 2.71 bits per heavy atom. The van der Waals surface area contributed by atoms with E-state index in [1.807, 2.05) is 17.5 Å². The highest BCUT2D eigenvalue weighted by molar-refractivity contribution is 7.10. The summed E-state index contributed by atoms with van der Waals surface area (Å²) < 4.78 is 28.9. The SMILES string of the molecule is CC(N)C(OCC(F)F)c1cccs1. The average Bonchev–Trinajstić information content (AvgIpc) is 2.56. The molecule has 5 heteroatoms. The number of ether oxygens (including phenoxy) is 1. The Kier molecular flexibility index (Phi) is 4.44. The zero-order chi connectivity index (χ0) is 10.6. The maximum atomic E-state index is 11.9. The van der Waals surface area contributed by atoms with Crippen LogP contribution in [-0.4, -0.2) is 19.1 Å². The van der Waals surface area contributed by atoms with Crippen molar-refractivity contribution in [3.8, 4) is 0 Å². The molecule has 80 valence electrons. The summed E-state index contributed by atoms with van der Waals surface area (Å²) in [5.74, 6) is 0. The van der Waals surface area contributed by atoms with Crippen LogP contribution >= 0.6 is 11.3 Å². The maximum absolute atomic E-state index is 11.9. The summed E-state index contributed by atoms with van der Waals surface area (Å²) in [5.41, 5.74) is 5.65. The number of hydrogen-bond acceptors (Lipinski definition) is 3. The summed E-state index contributed by atoms with van der Waals surface area (Å²) >= 11 is 1.46. The Morgan fingerprint density at radius 1 is 1.57 bits per heavy atom. The smallest absolute Gasteiger partial charge is 0.261 e. The normalized spacial score (nSPS) is 15.8. The summed E-state index contributed by atoms with van der Waals surface area (Å²) in [6, 6.07) is 3.40. The first-order valence-corrected chi connectivity index (χ1v) is 5.18. The van der Waals surface area contributed by atoms with Crippen molar-refractivity contribution < 1.29 is 13.5 Å². The second-order valence-corrected chi connectivity index (χ2v) is 4.00. The lowest BCUT2D eigenvalue weighted by molar-refractivity contribution is -0.0312. The second-order valence-electron chi connectivity index (χ2n) is 3.02. The molecule has 0 spiro atoms. The highest BCUT2D eigenvalue weighted by Gasteiger charge is 2.19. The molecule has 14 heavy (non-hydrogen) atoms. The van der Waals surface area contributed by atoms with Gasteiger partial charge in [-0.2, -0.15) is 0 Å². The summed E-state index contributed by atoms with van der Waals surface area (Å²) in [7, 11) is 0. The number of thiophene rings is 1. The van der Waals surface area contributed by atoms with E-state index in [0.717, 1.165) is 4.88 Å². The summed E-state index contributed by atoms with van der Waals surface area (Å²) in [4.78, 5) is 0.889. The summed E-state index contributed by atoms with van der Waals surface area (Å²) in [6.07, 6.45) is -2.87. The molecule has 0 saturated heterocycles. The largest absolute Gasteiger partial charge is 0.365 e. The van der Waals surface area contributed by atoms with Crippen LogP contribution in [0.4, 0.5) is 8.78 Å². The van der Waals surface area contributed by atoms with Crippen molar-refractivity contribution in [3.05, 3.63) is 22.4 Å². The molecule has 0 aliphatic rings. The van der Waals surface area contributed by atoms with Crippen molar-refractivity contribution in [2.24, 2.45) is 5.73 Å². The monoisotopic (exact) mass is 221 g/mol. The quantitative estimate of drug-likeness (QED) is 0.828. The molecule has 1 rings (SSSR count). The first kappa shape index (κ1) is 11.6. The minimum Gasteiger partial charge on any atom is -0.365 e. The van der Waals surface area contributed by atoms with Gasteiger partial charge in [0.25, 0.3) is 6.43 Å². The third-order valence-corrected chi connectivity index (χ3v) is 2.64. The van der Waals surface area contributed by atoms with Crippen LogP contribution in [0, 0.1) is 0 Å². The molecular weight excluding hydrogens is 208 g/mol. The van der Waals surface area contributed by atoms with Crippen LogP contribution in [0.1, 0.15) is 17.9 Å². The third-order valence-electron chi connectivity index (χ3n) is 1.70. The van der Waals surface area contributed by atoms with E-state index in [1.54, 1.807) is 6.92 Å². The minimum atomic E-state index is -2.45. The van der Waals surface area contributed by atoms with Crippen molar-refractivity contribution in [1.29, 1.82) is 0 Å². The van der Waals surface area contributed by atoms with Crippen LogP contribution in [0.3, 0.4) is 0 Å². The van der Waals surface area contributed by atoms with Gasteiger partial charge in [-0.15, -0.1) is 11.3 Å². The topological polar surface area (TPSA) is 35.2 Å². The standard InChI is InChI=1S/C9H13F2NOS/c1-6(12)9(13-5-8(10)11)7-3-2-4-14-7/h2-4,6,8-9H,5,12H2,1H3. The first-order chi connectivity index (χ1) is 6.61. The van der Waals surface area contributed by atoms with Gasteiger partial charge in [0.1, 0.15) is 12.7 Å². The van der Waals surface area contributed by atoms with E-state index in [1.165, 1.54) is 11.3 Å². The van der Waals surface area contributed by atoms with Gasteiger partial charge in [0, 0.05) is 10.9 Å². The molecule has 0 aliphatic carbocycles. The Balaban J connectivity index is 2.57.